The van der Waals surface area contributed by atoms with E-state index in [9.17, 15) is 0 Å². The summed E-state index contributed by atoms with van der Waals surface area (Å²) in [5.74, 6) is 0.793. The fourth-order valence-electron chi connectivity index (χ4n) is 1.21. The van der Waals surface area contributed by atoms with Crippen molar-refractivity contribution in [3.05, 3.63) is 30.0 Å². The zero-order valence-electron chi connectivity index (χ0n) is 9.54. The summed E-state index contributed by atoms with van der Waals surface area (Å²) >= 11 is 0. The summed E-state index contributed by atoms with van der Waals surface area (Å²) in [5.41, 5.74) is 1.89. The Bertz CT molecular complexity index is 349. The van der Waals surface area contributed by atoms with E-state index in [2.05, 4.69) is 33.3 Å². The first-order valence-electron chi connectivity index (χ1n) is 5.20. The lowest BCUT2D eigenvalue weighted by Crippen LogP contribution is -2.20. The minimum atomic E-state index is 0.793. The van der Waals surface area contributed by atoms with Gasteiger partial charge in [-0.2, -0.15) is 0 Å². The summed E-state index contributed by atoms with van der Waals surface area (Å²) in [7, 11) is 1.85. The van der Waals surface area contributed by atoms with E-state index in [-0.39, 0.29) is 0 Å². The smallest absolute Gasteiger partial charge is 0.153 e. The summed E-state index contributed by atoms with van der Waals surface area (Å²) in [5, 5.41) is 3.04. The lowest BCUT2D eigenvalue weighted by atomic mass is 10.3. The SMILES string of the molecule is CCC/C=C/N=C(/NC)c1nc[nH]c1C. The number of allylic oxidation sites excluding steroid dienone is 1. The second-order valence-electron chi connectivity index (χ2n) is 3.28. The molecule has 1 aromatic heterocycles. The van der Waals surface area contributed by atoms with Crippen LogP contribution >= 0.6 is 0 Å². The molecule has 0 bridgehead atoms. The third kappa shape index (κ3) is 3.23. The van der Waals surface area contributed by atoms with Crippen LogP contribution in [0.1, 0.15) is 31.2 Å². The van der Waals surface area contributed by atoms with Crippen molar-refractivity contribution in [3.8, 4) is 0 Å². The van der Waals surface area contributed by atoms with Crippen molar-refractivity contribution in [2.75, 3.05) is 7.05 Å². The number of aryl methyl sites for hydroxylation is 1. The van der Waals surface area contributed by atoms with Crippen molar-refractivity contribution in [1.82, 2.24) is 15.3 Å². The minimum absolute atomic E-state index is 0.793. The highest BCUT2D eigenvalue weighted by Gasteiger charge is 2.05. The highest BCUT2D eigenvalue weighted by atomic mass is 15.0. The molecule has 0 aliphatic carbocycles. The second kappa shape index (κ2) is 6.01. The number of H-pyrrole nitrogens is 1. The number of unbranched alkanes of at least 4 members (excludes halogenated alkanes) is 1. The molecule has 0 amide bonds. The number of hydrogen-bond donors (Lipinski definition) is 2. The monoisotopic (exact) mass is 206 g/mol. The Kier molecular flexibility index (Phi) is 4.60. The van der Waals surface area contributed by atoms with Crippen LogP contribution in [0.15, 0.2) is 23.6 Å². The molecule has 15 heavy (non-hydrogen) atoms. The van der Waals surface area contributed by atoms with Crippen LogP contribution in [0.3, 0.4) is 0 Å². The number of rotatable bonds is 4. The zero-order chi connectivity index (χ0) is 11.1. The van der Waals surface area contributed by atoms with Crippen LogP contribution in [-0.4, -0.2) is 22.9 Å². The van der Waals surface area contributed by atoms with Gasteiger partial charge < -0.3 is 10.3 Å². The summed E-state index contributed by atoms with van der Waals surface area (Å²) in [6.45, 7) is 4.12. The normalized spacial score (nSPS) is 12.3. The Morgan fingerprint density at radius 2 is 2.47 bits per heavy atom. The molecule has 0 radical (unpaired) electrons. The van der Waals surface area contributed by atoms with Gasteiger partial charge in [0.15, 0.2) is 5.84 Å². The molecule has 4 nitrogen and oxygen atoms in total. The van der Waals surface area contributed by atoms with Crippen LogP contribution < -0.4 is 5.32 Å². The van der Waals surface area contributed by atoms with Crippen LogP contribution in [-0.2, 0) is 0 Å². The van der Waals surface area contributed by atoms with Crippen LogP contribution in [0.2, 0.25) is 0 Å². The fourth-order valence-corrected chi connectivity index (χ4v) is 1.21. The van der Waals surface area contributed by atoms with E-state index in [1.165, 1.54) is 0 Å². The van der Waals surface area contributed by atoms with Gasteiger partial charge in [0.05, 0.1) is 6.33 Å². The first kappa shape index (κ1) is 11.5. The zero-order valence-corrected chi connectivity index (χ0v) is 9.54. The van der Waals surface area contributed by atoms with E-state index in [4.69, 9.17) is 0 Å². The van der Waals surface area contributed by atoms with E-state index in [1.54, 1.807) is 6.33 Å². The van der Waals surface area contributed by atoms with Crippen molar-refractivity contribution in [3.63, 3.8) is 0 Å². The number of hydrogen-bond acceptors (Lipinski definition) is 2. The number of nitrogens with zero attached hydrogens (tertiary/aromatic N) is 2. The molecule has 1 aromatic rings. The molecule has 0 aliphatic rings. The molecule has 82 valence electrons. The number of aromatic amines is 1. The molecule has 0 fully saturated rings. The molecule has 4 heteroatoms. The third-order valence-corrected chi connectivity index (χ3v) is 2.06. The van der Waals surface area contributed by atoms with Gasteiger partial charge in [0.1, 0.15) is 5.69 Å². The first-order chi connectivity index (χ1) is 7.29. The van der Waals surface area contributed by atoms with Crippen molar-refractivity contribution < 1.29 is 0 Å². The molecule has 0 unspecified atom stereocenters. The maximum Gasteiger partial charge on any atom is 0.153 e. The topological polar surface area (TPSA) is 53.1 Å². The number of aromatic nitrogens is 2. The number of imidazole rings is 1. The van der Waals surface area contributed by atoms with Crippen molar-refractivity contribution in [2.24, 2.45) is 4.99 Å². The number of aliphatic imine (C=N–C) groups is 1. The van der Waals surface area contributed by atoms with Crippen LogP contribution in [0.25, 0.3) is 0 Å². The van der Waals surface area contributed by atoms with Gasteiger partial charge in [0.25, 0.3) is 0 Å². The lowest BCUT2D eigenvalue weighted by Gasteiger charge is -2.01. The quantitative estimate of drug-likeness (QED) is 0.584. The highest BCUT2D eigenvalue weighted by molar-refractivity contribution is 5.98. The molecular formula is C11H18N4. The molecule has 0 saturated heterocycles. The third-order valence-electron chi connectivity index (χ3n) is 2.06. The minimum Gasteiger partial charge on any atom is -0.371 e. The maximum atomic E-state index is 4.33. The Morgan fingerprint density at radius 3 is 3.00 bits per heavy atom. The molecule has 1 heterocycles. The molecule has 0 atom stereocenters. The second-order valence-corrected chi connectivity index (χ2v) is 3.28. The Hall–Kier alpha value is -1.58. The van der Waals surface area contributed by atoms with Gasteiger partial charge in [0.2, 0.25) is 0 Å². The average molecular weight is 206 g/mol. The van der Waals surface area contributed by atoms with Crippen molar-refractivity contribution in [2.45, 2.75) is 26.7 Å². The Balaban J connectivity index is 2.76. The molecule has 0 spiro atoms. The van der Waals surface area contributed by atoms with E-state index >= 15 is 0 Å². The Labute approximate surface area is 90.5 Å². The number of nitrogens with one attached hydrogen (secondary N) is 2. The number of amidine groups is 1. The summed E-state index contributed by atoms with van der Waals surface area (Å²) in [6.07, 6.45) is 7.75. The van der Waals surface area contributed by atoms with Crippen molar-refractivity contribution >= 4 is 5.84 Å². The maximum absolute atomic E-state index is 4.33. The lowest BCUT2D eigenvalue weighted by molar-refractivity contribution is 0.955. The van der Waals surface area contributed by atoms with Gasteiger partial charge >= 0.3 is 0 Å². The molecule has 1 rings (SSSR count). The van der Waals surface area contributed by atoms with Gasteiger partial charge in [0, 0.05) is 18.9 Å². The largest absolute Gasteiger partial charge is 0.371 e. The first-order valence-corrected chi connectivity index (χ1v) is 5.20. The van der Waals surface area contributed by atoms with Crippen LogP contribution in [0.5, 0.6) is 0 Å². The van der Waals surface area contributed by atoms with Gasteiger partial charge in [-0.3, -0.25) is 0 Å². The predicted octanol–water partition coefficient (Wildman–Crippen LogP) is 2.00. The fraction of sp³-hybridized carbons (Fsp3) is 0.455. The summed E-state index contributed by atoms with van der Waals surface area (Å²) < 4.78 is 0. The van der Waals surface area contributed by atoms with E-state index in [1.807, 2.05) is 20.2 Å². The molecule has 0 aliphatic heterocycles. The van der Waals surface area contributed by atoms with Crippen molar-refractivity contribution in [1.29, 1.82) is 0 Å². The van der Waals surface area contributed by atoms with Crippen LogP contribution in [0, 0.1) is 6.92 Å². The van der Waals surface area contributed by atoms with E-state index in [0.29, 0.717) is 0 Å². The summed E-state index contributed by atoms with van der Waals surface area (Å²) in [6, 6.07) is 0. The van der Waals surface area contributed by atoms with Crippen LogP contribution in [0.4, 0.5) is 0 Å². The highest BCUT2D eigenvalue weighted by Crippen LogP contribution is 2.01. The van der Waals surface area contributed by atoms with E-state index < -0.39 is 0 Å². The standard InChI is InChI=1S/C11H18N4/c1-4-5-6-7-13-11(12-3)10-9(2)14-8-15-10/h6-8H,4-5H2,1-3H3,(H,12,13)(H,14,15)/b7-6+. The molecule has 0 aromatic carbocycles. The van der Waals surface area contributed by atoms with Gasteiger partial charge in [-0.25, -0.2) is 9.98 Å². The molecule has 2 N–H and O–H groups in total. The van der Waals surface area contributed by atoms with Gasteiger partial charge in [-0.05, 0) is 13.3 Å². The summed E-state index contributed by atoms with van der Waals surface area (Å²) in [4.78, 5) is 11.6. The predicted molar refractivity (Wildman–Crippen MR) is 63.0 cm³/mol. The van der Waals surface area contributed by atoms with Gasteiger partial charge in [-0.1, -0.05) is 19.4 Å². The Morgan fingerprint density at radius 1 is 1.67 bits per heavy atom. The van der Waals surface area contributed by atoms with E-state index in [0.717, 1.165) is 30.1 Å². The molecular weight excluding hydrogens is 188 g/mol. The van der Waals surface area contributed by atoms with Gasteiger partial charge in [-0.15, -0.1) is 0 Å². The average Bonchev–Trinajstić information content (AvgIpc) is 2.65. The molecule has 0 saturated carbocycles.